The molecule has 0 amide bonds. The predicted octanol–water partition coefficient (Wildman–Crippen LogP) is 4.43. The minimum absolute atomic E-state index is 0.0471. The molecule has 0 radical (unpaired) electrons. The van der Waals surface area contributed by atoms with Gasteiger partial charge in [-0.15, -0.1) is 0 Å². The number of hydrogen-bond acceptors (Lipinski definition) is 5. The van der Waals surface area contributed by atoms with Gasteiger partial charge in [0, 0.05) is 11.1 Å². The lowest BCUT2D eigenvalue weighted by Gasteiger charge is -2.55. The van der Waals surface area contributed by atoms with Gasteiger partial charge in [0.2, 0.25) is 0 Å². The molecule has 4 bridgehead atoms. The van der Waals surface area contributed by atoms with Crippen molar-refractivity contribution in [3.8, 4) is 0 Å². The summed E-state index contributed by atoms with van der Waals surface area (Å²) in [5.74, 6) is 1.37. The van der Waals surface area contributed by atoms with Crippen molar-refractivity contribution >= 4 is 27.5 Å². The van der Waals surface area contributed by atoms with E-state index in [-0.39, 0.29) is 34.0 Å². The van der Waals surface area contributed by atoms with Crippen LogP contribution < -0.4 is 4.72 Å². The predicted molar refractivity (Wildman–Crippen MR) is 120 cm³/mol. The third-order valence-corrected chi connectivity index (χ3v) is 8.77. The summed E-state index contributed by atoms with van der Waals surface area (Å²) in [4.78, 5) is 25.8. The molecule has 4 aliphatic carbocycles. The fourth-order valence-electron chi connectivity index (χ4n) is 6.34. The van der Waals surface area contributed by atoms with Crippen LogP contribution in [0.25, 0.3) is 0 Å². The Kier molecular flexibility index (Phi) is 5.32. The minimum atomic E-state index is -3.76. The Labute approximate surface area is 188 Å². The molecule has 7 heteroatoms. The summed E-state index contributed by atoms with van der Waals surface area (Å²) in [5.41, 5.74) is 0.162. The highest BCUT2D eigenvalue weighted by atomic mass is 32.2. The minimum Gasteiger partial charge on any atom is -0.454 e. The number of carbonyl (C=O) groups excluding carboxylic acids is 2. The van der Waals surface area contributed by atoms with E-state index in [2.05, 4.69) is 4.72 Å². The van der Waals surface area contributed by atoms with Crippen molar-refractivity contribution in [3.63, 3.8) is 0 Å². The summed E-state index contributed by atoms with van der Waals surface area (Å²) < 4.78 is 32.9. The zero-order valence-electron chi connectivity index (χ0n) is 17.8. The van der Waals surface area contributed by atoms with Gasteiger partial charge in [0.25, 0.3) is 10.0 Å². The zero-order chi connectivity index (χ0) is 22.3. The van der Waals surface area contributed by atoms with Crippen LogP contribution in [0.4, 0.5) is 5.69 Å². The van der Waals surface area contributed by atoms with Crippen molar-refractivity contribution < 1.29 is 22.7 Å². The van der Waals surface area contributed by atoms with E-state index in [1.54, 1.807) is 36.4 Å². The van der Waals surface area contributed by atoms with Crippen LogP contribution in [0, 0.1) is 23.2 Å². The molecular weight excluding hydrogens is 426 g/mol. The molecule has 2 aromatic carbocycles. The first kappa shape index (κ1) is 21.2. The summed E-state index contributed by atoms with van der Waals surface area (Å²) in [6.45, 7) is -0.217. The number of benzene rings is 2. The molecule has 0 atom stereocenters. The molecule has 6 nitrogen and oxygen atoms in total. The van der Waals surface area contributed by atoms with Crippen LogP contribution in [0.1, 0.15) is 48.9 Å². The van der Waals surface area contributed by atoms with Crippen LogP contribution in [-0.2, 0) is 19.6 Å². The standard InChI is InChI=1S/C25H27NO5S/c27-23(25-13-17-9-18(14-25)11-19(10-17)15-25)16-31-24(28)20-5-4-6-21(12-20)26-32(29,30)22-7-2-1-3-8-22/h1-8,12,17-19,26H,9-11,13-16H2. The monoisotopic (exact) mass is 453 g/mol. The molecule has 0 aliphatic heterocycles. The van der Waals surface area contributed by atoms with Crippen molar-refractivity contribution in [1.29, 1.82) is 0 Å². The van der Waals surface area contributed by atoms with Gasteiger partial charge < -0.3 is 4.74 Å². The Morgan fingerprint density at radius 2 is 1.53 bits per heavy atom. The Morgan fingerprint density at radius 1 is 0.906 bits per heavy atom. The largest absolute Gasteiger partial charge is 0.454 e. The van der Waals surface area contributed by atoms with Crippen molar-refractivity contribution in [2.75, 3.05) is 11.3 Å². The molecule has 0 saturated heterocycles. The molecule has 0 heterocycles. The molecule has 0 spiro atoms. The molecule has 4 fully saturated rings. The van der Waals surface area contributed by atoms with Gasteiger partial charge in [0.1, 0.15) is 0 Å². The second kappa shape index (κ2) is 8.03. The fraction of sp³-hybridized carbons (Fsp3) is 0.440. The van der Waals surface area contributed by atoms with E-state index in [9.17, 15) is 18.0 Å². The summed E-state index contributed by atoms with van der Waals surface area (Å²) in [7, 11) is -3.76. The van der Waals surface area contributed by atoms with Crippen molar-refractivity contribution in [1.82, 2.24) is 0 Å². The highest BCUT2D eigenvalue weighted by molar-refractivity contribution is 7.92. The Morgan fingerprint density at radius 3 is 2.16 bits per heavy atom. The third-order valence-electron chi connectivity index (χ3n) is 7.37. The highest BCUT2D eigenvalue weighted by Crippen LogP contribution is 2.60. The summed E-state index contributed by atoms with van der Waals surface area (Å²) in [6, 6.07) is 14.1. The van der Waals surface area contributed by atoms with E-state index in [0.717, 1.165) is 19.3 Å². The molecule has 0 aromatic heterocycles. The average Bonchev–Trinajstić information content (AvgIpc) is 2.77. The van der Waals surface area contributed by atoms with Gasteiger partial charge in [0.05, 0.1) is 10.5 Å². The van der Waals surface area contributed by atoms with E-state index in [4.69, 9.17) is 4.74 Å². The van der Waals surface area contributed by atoms with E-state index in [1.807, 2.05) is 0 Å². The zero-order valence-corrected chi connectivity index (χ0v) is 18.6. The normalized spacial score (nSPS) is 28.3. The van der Waals surface area contributed by atoms with Gasteiger partial charge in [-0.25, -0.2) is 13.2 Å². The Bertz CT molecular complexity index is 1110. The Balaban J connectivity index is 1.23. The number of anilines is 1. The SMILES string of the molecule is O=C(OCC(=O)C12CC3CC(CC(C3)C1)C2)c1cccc(NS(=O)(=O)c2ccccc2)c1. The van der Waals surface area contributed by atoms with E-state index < -0.39 is 16.0 Å². The van der Waals surface area contributed by atoms with Gasteiger partial charge in [-0.2, -0.15) is 0 Å². The second-order valence-corrected chi connectivity index (χ2v) is 11.4. The lowest BCUT2D eigenvalue weighted by molar-refractivity contribution is -0.147. The number of hydrogen-bond donors (Lipinski definition) is 1. The first-order chi connectivity index (χ1) is 15.3. The quantitative estimate of drug-likeness (QED) is 0.627. The van der Waals surface area contributed by atoms with Gasteiger partial charge in [-0.05, 0) is 86.6 Å². The maximum absolute atomic E-state index is 13.1. The molecule has 0 unspecified atom stereocenters. The van der Waals surface area contributed by atoms with E-state index >= 15 is 0 Å². The first-order valence-electron chi connectivity index (χ1n) is 11.2. The van der Waals surface area contributed by atoms with Gasteiger partial charge in [0.15, 0.2) is 12.4 Å². The van der Waals surface area contributed by atoms with Crippen LogP contribution in [0.3, 0.4) is 0 Å². The summed E-state index contributed by atoms with van der Waals surface area (Å²) in [6.07, 6.45) is 6.55. The number of ketones is 1. The van der Waals surface area contributed by atoms with Crippen LogP contribution >= 0.6 is 0 Å². The molecule has 4 saturated carbocycles. The van der Waals surface area contributed by atoms with E-state index in [0.29, 0.717) is 17.8 Å². The topological polar surface area (TPSA) is 89.5 Å². The number of Topliss-reactive ketones (excluding diaryl/α,β-unsaturated/α-hetero) is 1. The van der Waals surface area contributed by atoms with Crippen LogP contribution in [0.15, 0.2) is 59.5 Å². The first-order valence-corrected chi connectivity index (χ1v) is 12.7. The van der Waals surface area contributed by atoms with Gasteiger partial charge >= 0.3 is 5.97 Å². The number of carbonyl (C=O) groups is 2. The molecule has 32 heavy (non-hydrogen) atoms. The van der Waals surface area contributed by atoms with Crippen LogP contribution in [0.5, 0.6) is 0 Å². The smallest absolute Gasteiger partial charge is 0.338 e. The number of ether oxygens (including phenoxy) is 1. The van der Waals surface area contributed by atoms with Crippen LogP contribution in [-0.4, -0.2) is 26.8 Å². The number of sulfonamides is 1. The molecule has 1 N–H and O–H groups in total. The van der Waals surface area contributed by atoms with E-state index in [1.165, 1.54) is 37.5 Å². The van der Waals surface area contributed by atoms with Crippen molar-refractivity contribution in [2.45, 2.75) is 43.4 Å². The second-order valence-electron chi connectivity index (χ2n) is 9.70. The summed E-state index contributed by atoms with van der Waals surface area (Å²) >= 11 is 0. The molecule has 6 rings (SSSR count). The van der Waals surface area contributed by atoms with Crippen molar-refractivity contribution in [2.24, 2.45) is 23.2 Å². The third kappa shape index (κ3) is 4.06. The van der Waals surface area contributed by atoms with Gasteiger partial charge in [-0.1, -0.05) is 24.3 Å². The molecule has 168 valence electrons. The fourth-order valence-corrected chi connectivity index (χ4v) is 7.41. The Hall–Kier alpha value is -2.67. The highest BCUT2D eigenvalue weighted by Gasteiger charge is 2.54. The number of rotatable bonds is 7. The maximum Gasteiger partial charge on any atom is 0.338 e. The number of nitrogens with one attached hydrogen (secondary N) is 1. The van der Waals surface area contributed by atoms with Gasteiger partial charge in [-0.3, -0.25) is 9.52 Å². The van der Waals surface area contributed by atoms with Crippen molar-refractivity contribution in [3.05, 3.63) is 60.2 Å². The molecule has 4 aliphatic rings. The lowest BCUT2D eigenvalue weighted by Crippen LogP contribution is -2.51. The summed E-state index contributed by atoms with van der Waals surface area (Å²) in [5, 5.41) is 0. The van der Waals surface area contributed by atoms with Crippen LogP contribution in [0.2, 0.25) is 0 Å². The molecule has 2 aromatic rings. The average molecular weight is 454 g/mol. The number of esters is 1. The molecular formula is C25H27NO5S. The maximum atomic E-state index is 13.1. The lowest BCUT2D eigenvalue weighted by atomic mass is 9.48.